The zero-order valence-electron chi connectivity index (χ0n) is 9.83. The van der Waals surface area contributed by atoms with Gasteiger partial charge in [0.1, 0.15) is 5.15 Å². The molecule has 2 rings (SSSR count). The first kappa shape index (κ1) is 12.7. The van der Waals surface area contributed by atoms with Crippen molar-refractivity contribution in [1.82, 2.24) is 9.88 Å². The van der Waals surface area contributed by atoms with Crippen LogP contribution in [0.3, 0.4) is 0 Å². The summed E-state index contributed by atoms with van der Waals surface area (Å²) in [5, 5.41) is 0.540. The highest BCUT2D eigenvalue weighted by Gasteiger charge is 2.35. The third-order valence-corrected chi connectivity index (χ3v) is 3.88. The van der Waals surface area contributed by atoms with Crippen LogP contribution in [0.25, 0.3) is 0 Å². The largest absolute Gasteiger partial charge is 0.333 e. The molecular weight excluding hydrogens is 259 g/mol. The number of rotatable bonds is 1. The highest BCUT2D eigenvalue weighted by atomic mass is 35.5. The SMILES string of the molecule is CC1(C)CCCN1C(=O)c1cnc(Cl)c(Cl)c1. The van der Waals surface area contributed by atoms with E-state index in [-0.39, 0.29) is 16.6 Å². The summed E-state index contributed by atoms with van der Waals surface area (Å²) in [5.41, 5.74) is 0.401. The minimum atomic E-state index is -0.0941. The number of hydrogen-bond acceptors (Lipinski definition) is 2. The first-order valence-corrected chi connectivity index (χ1v) is 6.30. The van der Waals surface area contributed by atoms with Crippen LogP contribution in [0.2, 0.25) is 10.2 Å². The number of carbonyl (C=O) groups is 1. The molecule has 1 aromatic heterocycles. The lowest BCUT2D eigenvalue weighted by atomic mass is 10.0. The van der Waals surface area contributed by atoms with Gasteiger partial charge in [0.15, 0.2) is 0 Å². The van der Waals surface area contributed by atoms with Crippen LogP contribution in [0.5, 0.6) is 0 Å². The first-order valence-electron chi connectivity index (χ1n) is 5.55. The smallest absolute Gasteiger partial charge is 0.255 e. The number of halogens is 2. The third kappa shape index (κ3) is 2.40. The van der Waals surface area contributed by atoms with E-state index in [9.17, 15) is 4.79 Å². The van der Waals surface area contributed by atoms with E-state index in [1.807, 2.05) is 4.90 Å². The highest BCUT2D eigenvalue weighted by Crippen LogP contribution is 2.30. The van der Waals surface area contributed by atoms with Crippen molar-refractivity contribution >= 4 is 29.1 Å². The van der Waals surface area contributed by atoms with Crippen LogP contribution in [0, 0.1) is 0 Å². The Morgan fingerprint density at radius 1 is 1.47 bits per heavy atom. The first-order chi connectivity index (χ1) is 7.92. The molecule has 0 aliphatic carbocycles. The minimum absolute atomic E-state index is 0.0291. The van der Waals surface area contributed by atoms with Crippen molar-refractivity contribution in [3.05, 3.63) is 28.0 Å². The summed E-state index contributed by atoms with van der Waals surface area (Å²) >= 11 is 11.6. The lowest BCUT2D eigenvalue weighted by Gasteiger charge is -2.31. The van der Waals surface area contributed by atoms with Gasteiger partial charge in [-0.15, -0.1) is 0 Å². The average Bonchev–Trinajstić information content (AvgIpc) is 2.61. The monoisotopic (exact) mass is 272 g/mol. The van der Waals surface area contributed by atoms with Crippen LogP contribution in [-0.2, 0) is 0 Å². The molecule has 1 aromatic rings. The van der Waals surface area contributed by atoms with Crippen LogP contribution in [0.4, 0.5) is 0 Å². The van der Waals surface area contributed by atoms with E-state index >= 15 is 0 Å². The molecule has 5 heteroatoms. The number of hydrogen-bond donors (Lipinski definition) is 0. The van der Waals surface area contributed by atoms with Crippen molar-refractivity contribution in [2.24, 2.45) is 0 Å². The highest BCUT2D eigenvalue weighted by molar-refractivity contribution is 6.41. The molecule has 0 unspecified atom stereocenters. The third-order valence-electron chi connectivity index (χ3n) is 3.19. The van der Waals surface area contributed by atoms with E-state index in [4.69, 9.17) is 23.2 Å². The molecule has 0 spiro atoms. The van der Waals surface area contributed by atoms with Crippen molar-refractivity contribution in [2.45, 2.75) is 32.2 Å². The minimum Gasteiger partial charge on any atom is -0.333 e. The van der Waals surface area contributed by atoms with Gasteiger partial charge in [-0.05, 0) is 32.8 Å². The standard InChI is InChI=1S/C12H14Cl2N2O/c1-12(2)4-3-5-16(12)11(17)8-6-9(13)10(14)15-7-8/h6-7H,3-5H2,1-2H3. The summed E-state index contributed by atoms with van der Waals surface area (Å²) in [5.74, 6) is -0.0291. The van der Waals surface area contributed by atoms with Gasteiger partial charge in [0, 0.05) is 18.3 Å². The molecule has 1 saturated heterocycles. The van der Waals surface area contributed by atoms with Gasteiger partial charge >= 0.3 is 0 Å². The second-order valence-corrected chi connectivity index (χ2v) is 5.63. The van der Waals surface area contributed by atoms with Gasteiger partial charge in [0.2, 0.25) is 0 Å². The number of nitrogens with zero attached hydrogens (tertiary/aromatic N) is 2. The molecule has 0 saturated carbocycles. The average molecular weight is 273 g/mol. The molecule has 0 aromatic carbocycles. The maximum absolute atomic E-state index is 12.3. The molecule has 3 nitrogen and oxygen atoms in total. The number of carbonyl (C=O) groups excluding carboxylic acids is 1. The van der Waals surface area contributed by atoms with Gasteiger partial charge in [-0.3, -0.25) is 4.79 Å². The van der Waals surface area contributed by atoms with E-state index in [1.54, 1.807) is 6.07 Å². The summed E-state index contributed by atoms with van der Waals surface area (Å²) in [6.45, 7) is 4.93. The van der Waals surface area contributed by atoms with Crippen molar-refractivity contribution in [2.75, 3.05) is 6.54 Å². The van der Waals surface area contributed by atoms with Gasteiger partial charge in [-0.1, -0.05) is 23.2 Å². The van der Waals surface area contributed by atoms with Crippen LogP contribution in [0.15, 0.2) is 12.3 Å². The normalized spacial score (nSPS) is 18.5. The van der Waals surface area contributed by atoms with Gasteiger partial charge in [-0.2, -0.15) is 0 Å². The van der Waals surface area contributed by atoms with Crippen LogP contribution < -0.4 is 0 Å². The quantitative estimate of drug-likeness (QED) is 0.735. The molecule has 92 valence electrons. The predicted octanol–water partition coefficient (Wildman–Crippen LogP) is 3.40. The molecule has 17 heavy (non-hydrogen) atoms. The molecule has 1 aliphatic heterocycles. The van der Waals surface area contributed by atoms with Gasteiger partial charge in [-0.25, -0.2) is 4.98 Å². The van der Waals surface area contributed by atoms with E-state index in [0.717, 1.165) is 19.4 Å². The maximum atomic E-state index is 12.3. The van der Waals surface area contributed by atoms with Gasteiger partial charge < -0.3 is 4.90 Å². The van der Waals surface area contributed by atoms with E-state index in [2.05, 4.69) is 18.8 Å². The van der Waals surface area contributed by atoms with E-state index < -0.39 is 0 Å². The second-order valence-electron chi connectivity index (χ2n) is 4.87. The molecule has 2 heterocycles. The zero-order valence-corrected chi connectivity index (χ0v) is 11.3. The molecule has 1 amide bonds. The lowest BCUT2D eigenvalue weighted by molar-refractivity contribution is 0.0651. The Balaban J connectivity index is 2.28. The molecule has 0 N–H and O–H groups in total. The van der Waals surface area contributed by atoms with Gasteiger partial charge in [0.25, 0.3) is 5.91 Å². The van der Waals surface area contributed by atoms with E-state index in [1.165, 1.54) is 6.20 Å². The van der Waals surface area contributed by atoms with Crippen molar-refractivity contribution < 1.29 is 4.79 Å². The summed E-state index contributed by atoms with van der Waals surface area (Å²) in [7, 11) is 0. The lowest BCUT2D eigenvalue weighted by Crippen LogP contribution is -2.42. The number of aromatic nitrogens is 1. The fourth-order valence-electron chi connectivity index (χ4n) is 2.18. The topological polar surface area (TPSA) is 33.2 Å². The molecular formula is C12H14Cl2N2O. The fraction of sp³-hybridized carbons (Fsp3) is 0.500. The molecule has 1 aliphatic rings. The molecule has 0 bridgehead atoms. The number of pyridine rings is 1. The maximum Gasteiger partial charge on any atom is 0.255 e. The van der Waals surface area contributed by atoms with Crippen molar-refractivity contribution in [1.29, 1.82) is 0 Å². The Hall–Kier alpha value is -0.800. The van der Waals surface area contributed by atoms with Crippen LogP contribution in [0.1, 0.15) is 37.0 Å². The molecule has 0 atom stereocenters. The Kier molecular flexibility index (Phi) is 3.32. The Morgan fingerprint density at radius 2 is 2.18 bits per heavy atom. The summed E-state index contributed by atoms with van der Waals surface area (Å²) in [4.78, 5) is 18.1. The van der Waals surface area contributed by atoms with Crippen LogP contribution in [-0.4, -0.2) is 27.9 Å². The van der Waals surface area contributed by atoms with Crippen molar-refractivity contribution in [3.63, 3.8) is 0 Å². The summed E-state index contributed by atoms with van der Waals surface area (Å²) in [6.07, 6.45) is 3.53. The second kappa shape index (κ2) is 4.46. The predicted molar refractivity (Wildman–Crippen MR) is 68.6 cm³/mol. The zero-order chi connectivity index (χ0) is 12.6. The fourth-order valence-corrected chi connectivity index (χ4v) is 2.45. The summed E-state index contributed by atoms with van der Waals surface area (Å²) < 4.78 is 0. The molecule has 0 radical (unpaired) electrons. The van der Waals surface area contributed by atoms with Crippen molar-refractivity contribution in [3.8, 4) is 0 Å². The Labute approximate surface area is 111 Å². The van der Waals surface area contributed by atoms with Crippen LogP contribution >= 0.6 is 23.2 Å². The van der Waals surface area contributed by atoms with E-state index in [0.29, 0.717) is 10.6 Å². The Morgan fingerprint density at radius 3 is 2.71 bits per heavy atom. The van der Waals surface area contributed by atoms with Gasteiger partial charge in [0.05, 0.1) is 10.6 Å². The molecule has 1 fully saturated rings. The summed E-state index contributed by atoms with van der Waals surface area (Å²) in [6, 6.07) is 1.58. The Bertz CT molecular complexity index is 460. The number of amides is 1. The number of likely N-dealkylation sites (tertiary alicyclic amines) is 1.